The van der Waals surface area contributed by atoms with Crippen LogP contribution < -0.4 is 5.32 Å². The van der Waals surface area contributed by atoms with Gasteiger partial charge in [-0.2, -0.15) is 0 Å². The molecule has 0 bridgehead atoms. The van der Waals surface area contributed by atoms with Crippen LogP contribution in [0.4, 0.5) is 0 Å². The Morgan fingerprint density at radius 3 is 2.69 bits per heavy atom. The third kappa shape index (κ3) is 3.58. The van der Waals surface area contributed by atoms with Crippen LogP contribution in [-0.2, 0) is 4.79 Å². The van der Waals surface area contributed by atoms with Crippen molar-refractivity contribution >= 4 is 39.5 Å². The number of fused-ring (bicyclic) bond motifs is 2. The van der Waals surface area contributed by atoms with Gasteiger partial charge in [-0.15, -0.1) is 0 Å². The number of hydrogen-bond donors (Lipinski definition) is 1. The molecule has 130 valence electrons. The summed E-state index contributed by atoms with van der Waals surface area (Å²) in [5, 5.41) is 5.92. The van der Waals surface area contributed by atoms with Crippen LogP contribution >= 0.6 is 11.8 Å². The van der Waals surface area contributed by atoms with Gasteiger partial charge in [0.25, 0.3) is 5.22 Å². The number of nitrogens with one attached hydrogen (secondary N) is 1. The van der Waals surface area contributed by atoms with Gasteiger partial charge in [0.2, 0.25) is 5.91 Å². The first kappa shape index (κ1) is 16.7. The number of hydrogen-bond acceptors (Lipinski definition) is 4. The highest BCUT2D eigenvalue weighted by molar-refractivity contribution is 7.99. The number of oxazole rings is 1. The number of benzene rings is 3. The molecule has 1 N–H and O–H groups in total. The summed E-state index contributed by atoms with van der Waals surface area (Å²) in [4.78, 5) is 16.6. The van der Waals surface area contributed by atoms with E-state index >= 15 is 0 Å². The number of aromatic nitrogens is 1. The topological polar surface area (TPSA) is 55.1 Å². The molecule has 26 heavy (non-hydrogen) atoms. The number of thioether (sulfide) groups is 1. The minimum Gasteiger partial charge on any atom is -0.431 e. The Balaban J connectivity index is 1.38. The van der Waals surface area contributed by atoms with E-state index in [1.807, 2.05) is 43.3 Å². The molecule has 5 heteroatoms. The highest BCUT2D eigenvalue weighted by Crippen LogP contribution is 2.24. The molecule has 1 heterocycles. The van der Waals surface area contributed by atoms with Crippen LogP contribution in [0.1, 0.15) is 18.5 Å². The van der Waals surface area contributed by atoms with Gasteiger partial charge in [0, 0.05) is 0 Å². The maximum Gasteiger partial charge on any atom is 0.257 e. The second-order valence-corrected chi connectivity index (χ2v) is 7.06. The molecule has 0 aliphatic rings. The molecular weight excluding hydrogens is 344 g/mol. The lowest BCUT2D eigenvalue weighted by atomic mass is 10.0. The zero-order valence-corrected chi connectivity index (χ0v) is 15.1. The summed E-state index contributed by atoms with van der Waals surface area (Å²) in [6, 6.07) is 22.0. The van der Waals surface area contributed by atoms with Crippen molar-refractivity contribution < 1.29 is 9.21 Å². The Kier molecular flexibility index (Phi) is 4.63. The summed E-state index contributed by atoms with van der Waals surface area (Å²) in [6.45, 7) is 1.99. The van der Waals surface area contributed by atoms with Crippen molar-refractivity contribution in [1.82, 2.24) is 10.3 Å². The standard InChI is InChI=1S/C21H18N2O2S/c1-14(16-11-10-15-6-2-3-7-17(15)12-16)22-20(24)13-26-21-23-18-8-4-5-9-19(18)25-21/h2-12,14H,13H2,1H3,(H,22,24). The SMILES string of the molecule is CC(NC(=O)CSc1nc2ccccc2o1)c1ccc2ccccc2c1. The van der Waals surface area contributed by atoms with Gasteiger partial charge in [-0.1, -0.05) is 60.3 Å². The van der Waals surface area contributed by atoms with Gasteiger partial charge >= 0.3 is 0 Å². The van der Waals surface area contributed by atoms with Gasteiger partial charge in [-0.25, -0.2) is 4.98 Å². The van der Waals surface area contributed by atoms with Gasteiger partial charge in [0.1, 0.15) is 5.52 Å². The van der Waals surface area contributed by atoms with Crippen molar-refractivity contribution in [1.29, 1.82) is 0 Å². The average molecular weight is 362 g/mol. The molecule has 0 radical (unpaired) electrons. The fraction of sp³-hybridized carbons (Fsp3) is 0.143. The van der Waals surface area contributed by atoms with Crippen molar-refractivity contribution in [3.05, 3.63) is 72.3 Å². The number of carbonyl (C=O) groups excluding carboxylic acids is 1. The lowest BCUT2D eigenvalue weighted by molar-refractivity contribution is -0.119. The molecule has 3 aromatic carbocycles. The van der Waals surface area contributed by atoms with Crippen LogP contribution in [0.3, 0.4) is 0 Å². The van der Waals surface area contributed by atoms with Crippen LogP contribution in [0.2, 0.25) is 0 Å². The van der Waals surface area contributed by atoms with E-state index in [-0.39, 0.29) is 17.7 Å². The Labute approximate surface area is 155 Å². The highest BCUT2D eigenvalue weighted by atomic mass is 32.2. The molecule has 4 rings (SSSR count). The van der Waals surface area contributed by atoms with E-state index < -0.39 is 0 Å². The van der Waals surface area contributed by atoms with Crippen molar-refractivity contribution in [2.24, 2.45) is 0 Å². The summed E-state index contributed by atoms with van der Waals surface area (Å²) in [5.74, 6) is 0.225. The molecule has 0 spiro atoms. The first-order valence-electron chi connectivity index (χ1n) is 8.45. The molecule has 0 fully saturated rings. The van der Waals surface area contributed by atoms with E-state index in [0.29, 0.717) is 5.22 Å². The number of nitrogens with zero attached hydrogens (tertiary/aromatic N) is 1. The number of rotatable bonds is 5. The normalized spacial score (nSPS) is 12.3. The Morgan fingerprint density at radius 2 is 1.85 bits per heavy atom. The zero-order valence-electron chi connectivity index (χ0n) is 14.3. The van der Waals surface area contributed by atoms with Crippen LogP contribution in [0.15, 0.2) is 76.4 Å². The maximum atomic E-state index is 12.3. The van der Waals surface area contributed by atoms with Crippen molar-refractivity contribution in [3.63, 3.8) is 0 Å². The molecule has 1 amide bonds. The summed E-state index contributed by atoms with van der Waals surface area (Å²) in [6.07, 6.45) is 0. The largest absolute Gasteiger partial charge is 0.431 e. The van der Waals surface area contributed by atoms with Crippen molar-refractivity contribution in [2.75, 3.05) is 5.75 Å². The van der Waals surface area contributed by atoms with Gasteiger partial charge in [0.15, 0.2) is 5.58 Å². The second-order valence-electron chi connectivity index (χ2n) is 6.13. The summed E-state index contributed by atoms with van der Waals surface area (Å²) >= 11 is 1.30. The number of para-hydroxylation sites is 2. The fourth-order valence-electron chi connectivity index (χ4n) is 2.88. The molecule has 1 unspecified atom stereocenters. The molecule has 1 atom stereocenters. The van der Waals surface area contributed by atoms with Crippen molar-refractivity contribution in [2.45, 2.75) is 18.2 Å². The van der Waals surface area contributed by atoms with E-state index in [2.05, 4.69) is 40.6 Å². The molecule has 1 aromatic heterocycles. The molecule has 0 saturated heterocycles. The first-order chi connectivity index (χ1) is 12.7. The molecule has 0 saturated carbocycles. The summed E-state index contributed by atoms with van der Waals surface area (Å²) < 4.78 is 5.63. The Bertz CT molecular complexity index is 1040. The van der Waals surface area contributed by atoms with Crippen LogP contribution in [0.25, 0.3) is 21.9 Å². The predicted molar refractivity (Wildman–Crippen MR) is 105 cm³/mol. The third-order valence-corrected chi connectivity index (χ3v) is 5.08. The number of carbonyl (C=O) groups is 1. The third-order valence-electron chi connectivity index (χ3n) is 4.25. The van der Waals surface area contributed by atoms with Gasteiger partial charge in [0.05, 0.1) is 11.8 Å². The monoisotopic (exact) mass is 362 g/mol. The summed E-state index contributed by atoms with van der Waals surface area (Å²) in [7, 11) is 0. The van der Waals surface area contributed by atoms with E-state index in [0.717, 1.165) is 16.7 Å². The molecule has 0 aliphatic carbocycles. The quantitative estimate of drug-likeness (QED) is 0.510. The van der Waals surface area contributed by atoms with Gasteiger partial charge in [-0.3, -0.25) is 4.79 Å². The summed E-state index contributed by atoms with van der Waals surface area (Å²) in [5.41, 5.74) is 2.63. The van der Waals surface area contributed by atoms with Gasteiger partial charge < -0.3 is 9.73 Å². The zero-order chi connectivity index (χ0) is 17.9. The van der Waals surface area contributed by atoms with Crippen LogP contribution in [0.5, 0.6) is 0 Å². The van der Waals surface area contributed by atoms with E-state index in [1.165, 1.54) is 22.5 Å². The minimum atomic E-state index is -0.0589. The lowest BCUT2D eigenvalue weighted by Crippen LogP contribution is -2.28. The van der Waals surface area contributed by atoms with Crippen LogP contribution in [-0.4, -0.2) is 16.6 Å². The van der Waals surface area contributed by atoms with E-state index in [1.54, 1.807) is 0 Å². The molecular formula is C21H18N2O2S. The Morgan fingerprint density at radius 1 is 1.08 bits per heavy atom. The molecule has 4 nitrogen and oxygen atoms in total. The van der Waals surface area contributed by atoms with Crippen LogP contribution in [0, 0.1) is 0 Å². The second kappa shape index (κ2) is 7.22. The predicted octanol–water partition coefficient (Wildman–Crippen LogP) is 4.95. The van der Waals surface area contributed by atoms with E-state index in [9.17, 15) is 4.79 Å². The Hall–Kier alpha value is -2.79. The van der Waals surface area contributed by atoms with Crippen molar-refractivity contribution in [3.8, 4) is 0 Å². The number of amides is 1. The molecule has 0 aliphatic heterocycles. The lowest BCUT2D eigenvalue weighted by Gasteiger charge is -2.14. The highest BCUT2D eigenvalue weighted by Gasteiger charge is 2.12. The fourth-order valence-corrected chi connectivity index (χ4v) is 3.53. The average Bonchev–Trinajstić information content (AvgIpc) is 3.09. The smallest absolute Gasteiger partial charge is 0.257 e. The van der Waals surface area contributed by atoms with E-state index in [4.69, 9.17) is 4.42 Å². The first-order valence-corrected chi connectivity index (χ1v) is 9.44. The minimum absolute atomic E-state index is 0.0436. The molecule has 4 aromatic rings. The van der Waals surface area contributed by atoms with Gasteiger partial charge in [-0.05, 0) is 41.5 Å². The maximum absolute atomic E-state index is 12.3.